The minimum Gasteiger partial charge on any atom is -0.347 e. The average molecular weight is 227 g/mol. The van der Waals surface area contributed by atoms with Gasteiger partial charge in [-0.2, -0.15) is 0 Å². The van der Waals surface area contributed by atoms with Crippen molar-refractivity contribution in [3.63, 3.8) is 0 Å². The number of hydrogen-bond donors (Lipinski definition) is 1. The summed E-state index contributed by atoms with van der Waals surface area (Å²) in [6.07, 6.45) is 0.557. The Balaban J connectivity index is 2.39. The van der Waals surface area contributed by atoms with Gasteiger partial charge in [-0.05, 0) is 25.9 Å². The van der Waals surface area contributed by atoms with E-state index in [1.807, 2.05) is 6.92 Å². The number of nitrogens with zero attached hydrogens (tertiary/aromatic N) is 2. The first-order chi connectivity index (χ1) is 7.54. The van der Waals surface area contributed by atoms with Gasteiger partial charge in [-0.25, -0.2) is 0 Å². The van der Waals surface area contributed by atoms with Crippen molar-refractivity contribution in [3.05, 3.63) is 0 Å². The highest BCUT2D eigenvalue weighted by Gasteiger charge is 2.24. The largest absolute Gasteiger partial charge is 0.347 e. The van der Waals surface area contributed by atoms with Gasteiger partial charge >= 0.3 is 0 Å². The van der Waals surface area contributed by atoms with Crippen LogP contribution in [0.5, 0.6) is 0 Å². The van der Waals surface area contributed by atoms with E-state index in [-0.39, 0.29) is 18.4 Å². The van der Waals surface area contributed by atoms with Crippen molar-refractivity contribution in [1.82, 2.24) is 15.1 Å². The van der Waals surface area contributed by atoms with Crippen LogP contribution in [-0.4, -0.2) is 61.9 Å². The molecule has 0 aliphatic carbocycles. The molecule has 0 spiro atoms. The van der Waals surface area contributed by atoms with Gasteiger partial charge < -0.3 is 15.1 Å². The van der Waals surface area contributed by atoms with Crippen LogP contribution >= 0.6 is 0 Å². The van der Waals surface area contributed by atoms with Crippen molar-refractivity contribution >= 4 is 11.8 Å². The zero-order valence-corrected chi connectivity index (χ0v) is 10.3. The molecule has 5 nitrogen and oxygen atoms in total. The molecule has 92 valence electrons. The predicted octanol–water partition coefficient (Wildman–Crippen LogP) is -0.467. The van der Waals surface area contributed by atoms with E-state index in [0.717, 1.165) is 13.1 Å². The van der Waals surface area contributed by atoms with E-state index in [4.69, 9.17) is 0 Å². The Labute approximate surface area is 96.8 Å². The lowest BCUT2D eigenvalue weighted by Crippen LogP contribution is -2.46. The maximum Gasteiger partial charge on any atom is 0.241 e. The number of likely N-dealkylation sites (N-methyl/N-ethyl adjacent to an activating group) is 2. The van der Waals surface area contributed by atoms with E-state index in [9.17, 15) is 9.59 Å². The highest BCUT2D eigenvalue weighted by Crippen LogP contribution is 2.10. The molecule has 1 rings (SSSR count). The van der Waals surface area contributed by atoms with E-state index >= 15 is 0 Å². The molecular weight excluding hydrogens is 206 g/mol. The first-order valence-electron chi connectivity index (χ1n) is 5.73. The molecule has 0 saturated carbocycles. The van der Waals surface area contributed by atoms with Crippen LogP contribution in [0.15, 0.2) is 0 Å². The van der Waals surface area contributed by atoms with Crippen LogP contribution in [0.1, 0.15) is 13.3 Å². The minimum absolute atomic E-state index is 0.0260. The second-order valence-electron chi connectivity index (χ2n) is 4.42. The average Bonchev–Trinajstić information content (AvgIpc) is 2.18. The van der Waals surface area contributed by atoms with Crippen molar-refractivity contribution in [2.45, 2.75) is 13.3 Å². The summed E-state index contributed by atoms with van der Waals surface area (Å²) in [6.45, 7) is 4.54. The van der Waals surface area contributed by atoms with Gasteiger partial charge in [-0.1, -0.05) is 0 Å². The summed E-state index contributed by atoms with van der Waals surface area (Å²) in [5, 5.41) is 3.14. The van der Waals surface area contributed by atoms with E-state index in [1.54, 1.807) is 19.0 Å². The normalized spacial score (nSPS) is 15.4. The van der Waals surface area contributed by atoms with E-state index < -0.39 is 0 Å². The molecule has 0 aromatic heterocycles. The molecule has 1 aliphatic rings. The van der Waals surface area contributed by atoms with Crippen molar-refractivity contribution in [2.24, 2.45) is 5.92 Å². The Bertz CT molecular complexity index is 262. The lowest BCUT2D eigenvalue weighted by Gasteiger charge is -2.29. The zero-order valence-electron chi connectivity index (χ0n) is 10.3. The molecule has 0 radical (unpaired) electrons. The van der Waals surface area contributed by atoms with Gasteiger partial charge in [0.2, 0.25) is 11.8 Å². The Morgan fingerprint density at radius 1 is 1.25 bits per heavy atom. The number of carbonyl (C=O) groups excluding carboxylic acids is 2. The molecule has 1 saturated heterocycles. The topological polar surface area (TPSA) is 52.7 Å². The van der Waals surface area contributed by atoms with Crippen LogP contribution in [0, 0.1) is 5.92 Å². The molecule has 0 atom stereocenters. The first kappa shape index (κ1) is 13.0. The summed E-state index contributed by atoms with van der Waals surface area (Å²) >= 11 is 0. The standard InChI is InChI=1S/C11H21N3O2/c1-4-14(8-11(16)13(2)3)10(15)5-9-6-12-7-9/h9,12H,4-8H2,1-3H3. The summed E-state index contributed by atoms with van der Waals surface area (Å²) in [6, 6.07) is 0. The van der Waals surface area contributed by atoms with Crippen LogP contribution < -0.4 is 5.32 Å². The quantitative estimate of drug-likeness (QED) is 0.691. The molecule has 5 heteroatoms. The molecule has 1 fully saturated rings. The second-order valence-corrected chi connectivity index (χ2v) is 4.42. The van der Waals surface area contributed by atoms with Crippen LogP contribution in [0.4, 0.5) is 0 Å². The number of carbonyl (C=O) groups is 2. The molecule has 0 bridgehead atoms. The minimum atomic E-state index is -0.0260. The highest BCUT2D eigenvalue weighted by atomic mass is 16.2. The molecular formula is C11H21N3O2. The number of hydrogen-bond acceptors (Lipinski definition) is 3. The summed E-state index contributed by atoms with van der Waals surface area (Å²) < 4.78 is 0. The van der Waals surface area contributed by atoms with Gasteiger partial charge in [-0.3, -0.25) is 9.59 Å². The summed E-state index contributed by atoms with van der Waals surface area (Å²) in [5.74, 6) is 0.516. The molecule has 1 aliphatic heterocycles. The molecule has 1 heterocycles. The highest BCUT2D eigenvalue weighted by molar-refractivity contribution is 5.84. The first-order valence-corrected chi connectivity index (χ1v) is 5.73. The molecule has 2 amide bonds. The number of amides is 2. The third-order valence-electron chi connectivity index (χ3n) is 2.89. The lowest BCUT2D eigenvalue weighted by molar-refractivity contribution is -0.139. The Morgan fingerprint density at radius 3 is 2.25 bits per heavy atom. The van der Waals surface area contributed by atoms with Gasteiger partial charge in [0.05, 0.1) is 6.54 Å². The van der Waals surface area contributed by atoms with E-state index in [1.165, 1.54) is 4.90 Å². The van der Waals surface area contributed by atoms with Crippen LogP contribution in [0.3, 0.4) is 0 Å². The Morgan fingerprint density at radius 2 is 1.88 bits per heavy atom. The fraction of sp³-hybridized carbons (Fsp3) is 0.818. The second kappa shape index (κ2) is 5.84. The third-order valence-corrected chi connectivity index (χ3v) is 2.89. The van der Waals surface area contributed by atoms with Crippen LogP contribution in [-0.2, 0) is 9.59 Å². The number of nitrogens with one attached hydrogen (secondary N) is 1. The molecule has 0 unspecified atom stereocenters. The van der Waals surface area contributed by atoms with Crippen molar-refractivity contribution < 1.29 is 9.59 Å². The van der Waals surface area contributed by atoms with E-state index in [2.05, 4.69) is 5.32 Å². The maximum absolute atomic E-state index is 11.9. The van der Waals surface area contributed by atoms with Crippen molar-refractivity contribution in [2.75, 3.05) is 40.3 Å². The SMILES string of the molecule is CCN(CC(=O)N(C)C)C(=O)CC1CNC1. The predicted molar refractivity (Wildman–Crippen MR) is 61.9 cm³/mol. The van der Waals surface area contributed by atoms with Crippen LogP contribution in [0.2, 0.25) is 0 Å². The maximum atomic E-state index is 11.9. The van der Waals surface area contributed by atoms with Gasteiger partial charge in [0.1, 0.15) is 0 Å². The smallest absolute Gasteiger partial charge is 0.241 e. The lowest BCUT2D eigenvalue weighted by atomic mass is 9.99. The zero-order chi connectivity index (χ0) is 12.1. The Hall–Kier alpha value is -1.10. The fourth-order valence-corrected chi connectivity index (χ4v) is 1.55. The van der Waals surface area contributed by atoms with Gasteiger partial charge in [0, 0.05) is 27.1 Å². The molecule has 16 heavy (non-hydrogen) atoms. The molecule has 1 N–H and O–H groups in total. The Kier molecular flexibility index (Phi) is 4.73. The summed E-state index contributed by atoms with van der Waals surface area (Å²) in [7, 11) is 3.41. The molecule has 0 aromatic carbocycles. The van der Waals surface area contributed by atoms with Crippen molar-refractivity contribution in [1.29, 1.82) is 0 Å². The van der Waals surface area contributed by atoms with E-state index in [0.29, 0.717) is 18.9 Å². The summed E-state index contributed by atoms with van der Waals surface area (Å²) in [4.78, 5) is 26.5. The monoisotopic (exact) mass is 227 g/mol. The van der Waals surface area contributed by atoms with Gasteiger partial charge in [-0.15, -0.1) is 0 Å². The van der Waals surface area contributed by atoms with Gasteiger partial charge in [0.15, 0.2) is 0 Å². The van der Waals surface area contributed by atoms with Crippen LogP contribution in [0.25, 0.3) is 0 Å². The fourth-order valence-electron chi connectivity index (χ4n) is 1.55. The van der Waals surface area contributed by atoms with Gasteiger partial charge in [0.25, 0.3) is 0 Å². The summed E-state index contributed by atoms with van der Waals surface area (Å²) in [5.41, 5.74) is 0. The third kappa shape index (κ3) is 3.48. The molecule has 0 aromatic rings. The number of rotatable bonds is 5. The van der Waals surface area contributed by atoms with Crippen molar-refractivity contribution in [3.8, 4) is 0 Å².